The van der Waals surface area contributed by atoms with E-state index in [1.807, 2.05) is 25.1 Å². The molecule has 1 amide bonds. The van der Waals surface area contributed by atoms with E-state index >= 15 is 0 Å². The van der Waals surface area contributed by atoms with E-state index in [9.17, 15) is 4.79 Å². The van der Waals surface area contributed by atoms with Crippen LogP contribution >= 0.6 is 23.7 Å². The maximum absolute atomic E-state index is 12.1. The van der Waals surface area contributed by atoms with Gasteiger partial charge in [0.15, 0.2) is 0 Å². The Hall–Kier alpha value is -1.63. The van der Waals surface area contributed by atoms with E-state index in [0.29, 0.717) is 31.0 Å². The van der Waals surface area contributed by atoms with Gasteiger partial charge < -0.3 is 15.8 Å². The van der Waals surface area contributed by atoms with Gasteiger partial charge in [-0.2, -0.15) is 0 Å². The molecule has 0 spiro atoms. The molecule has 5 nitrogen and oxygen atoms in total. The van der Waals surface area contributed by atoms with Crippen LogP contribution in [0, 0.1) is 0 Å². The fourth-order valence-corrected chi connectivity index (χ4v) is 2.53. The Labute approximate surface area is 140 Å². The summed E-state index contributed by atoms with van der Waals surface area (Å²) in [6.07, 6.45) is 1.64. The molecule has 0 bridgehead atoms. The van der Waals surface area contributed by atoms with E-state index in [1.54, 1.807) is 11.4 Å². The standard InChI is InChI=1S/C15H19N3O2S.ClH/c1-2-8-20-12-5-3-4-11(9-12)17-15(19)13-10-21-14(18-13)6-7-16;/h3-5,9-10H,2,6-8,16H2,1H3,(H,17,19);1H. The normalized spacial score (nSPS) is 9.91. The van der Waals surface area contributed by atoms with Crippen LogP contribution in [0.2, 0.25) is 0 Å². The Morgan fingerprint density at radius 1 is 1.45 bits per heavy atom. The van der Waals surface area contributed by atoms with Gasteiger partial charge in [-0.05, 0) is 25.1 Å². The lowest BCUT2D eigenvalue weighted by atomic mass is 10.3. The van der Waals surface area contributed by atoms with Gasteiger partial charge in [0.2, 0.25) is 0 Å². The lowest BCUT2D eigenvalue weighted by Gasteiger charge is -2.07. The molecule has 0 aliphatic heterocycles. The van der Waals surface area contributed by atoms with Crippen LogP contribution in [0.1, 0.15) is 28.8 Å². The van der Waals surface area contributed by atoms with Gasteiger partial charge in [0.1, 0.15) is 11.4 Å². The van der Waals surface area contributed by atoms with Crippen LogP contribution in [0.25, 0.3) is 0 Å². The molecule has 1 heterocycles. The lowest BCUT2D eigenvalue weighted by molar-refractivity contribution is 0.102. The van der Waals surface area contributed by atoms with Crippen molar-refractivity contribution in [2.24, 2.45) is 5.73 Å². The van der Waals surface area contributed by atoms with E-state index in [2.05, 4.69) is 10.3 Å². The average molecular weight is 342 g/mol. The van der Waals surface area contributed by atoms with Crippen molar-refractivity contribution in [1.29, 1.82) is 0 Å². The summed E-state index contributed by atoms with van der Waals surface area (Å²) < 4.78 is 5.54. The number of carbonyl (C=O) groups is 1. The van der Waals surface area contributed by atoms with Crippen LogP contribution in [0.15, 0.2) is 29.6 Å². The number of thiazole rings is 1. The third-order valence-corrected chi connectivity index (χ3v) is 3.62. The molecule has 2 aromatic rings. The van der Waals surface area contributed by atoms with Gasteiger partial charge in [0.25, 0.3) is 5.91 Å². The minimum absolute atomic E-state index is 0. The molecular formula is C15H20ClN3O2S. The molecule has 2 rings (SSSR count). The summed E-state index contributed by atoms with van der Waals surface area (Å²) in [5.74, 6) is 0.527. The Morgan fingerprint density at radius 3 is 3.00 bits per heavy atom. The molecule has 7 heteroatoms. The maximum atomic E-state index is 12.1. The SMILES string of the molecule is CCCOc1cccc(NC(=O)c2csc(CCN)n2)c1.Cl. The summed E-state index contributed by atoms with van der Waals surface area (Å²) in [5.41, 5.74) is 6.59. The minimum atomic E-state index is -0.220. The quantitative estimate of drug-likeness (QED) is 0.811. The first-order valence-corrected chi connectivity index (χ1v) is 7.79. The van der Waals surface area contributed by atoms with Gasteiger partial charge in [0, 0.05) is 23.6 Å². The predicted molar refractivity (Wildman–Crippen MR) is 92.3 cm³/mol. The van der Waals surface area contributed by atoms with Crippen molar-refractivity contribution in [3.05, 3.63) is 40.3 Å². The zero-order valence-corrected chi connectivity index (χ0v) is 14.0. The molecule has 0 atom stereocenters. The van der Waals surface area contributed by atoms with E-state index < -0.39 is 0 Å². The Balaban J connectivity index is 0.00000242. The van der Waals surface area contributed by atoms with Crippen molar-refractivity contribution in [2.75, 3.05) is 18.5 Å². The number of benzene rings is 1. The molecule has 22 heavy (non-hydrogen) atoms. The number of amides is 1. The van der Waals surface area contributed by atoms with Gasteiger partial charge in [0.05, 0.1) is 11.6 Å². The van der Waals surface area contributed by atoms with Gasteiger partial charge in [-0.25, -0.2) is 4.98 Å². The minimum Gasteiger partial charge on any atom is -0.494 e. The monoisotopic (exact) mass is 341 g/mol. The number of rotatable bonds is 7. The summed E-state index contributed by atoms with van der Waals surface area (Å²) >= 11 is 1.45. The Morgan fingerprint density at radius 2 is 2.27 bits per heavy atom. The van der Waals surface area contributed by atoms with Crippen LogP contribution in [0.3, 0.4) is 0 Å². The Kier molecular flexibility index (Phi) is 7.87. The third kappa shape index (κ3) is 5.29. The number of hydrogen-bond donors (Lipinski definition) is 2. The zero-order valence-electron chi connectivity index (χ0n) is 12.4. The van der Waals surface area contributed by atoms with Crippen molar-refractivity contribution in [1.82, 2.24) is 4.98 Å². The highest BCUT2D eigenvalue weighted by Crippen LogP contribution is 2.19. The highest BCUT2D eigenvalue weighted by Gasteiger charge is 2.11. The molecule has 0 saturated carbocycles. The smallest absolute Gasteiger partial charge is 0.275 e. The number of hydrogen-bond acceptors (Lipinski definition) is 5. The molecule has 0 aliphatic rings. The van der Waals surface area contributed by atoms with Crippen molar-refractivity contribution in [3.8, 4) is 5.75 Å². The molecule has 0 fully saturated rings. The van der Waals surface area contributed by atoms with Gasteiger partial charge in [-0.1, -0.05) is 13.0 Å². The van der Waals surface area contributed by atoms with E-state index in [-0.39, 0.29) is 18.3 Å². The fourth-order valence-electron chi connectivity index (χ4n) is 1.73. The van der Waals surface area contributed by atoms with Crippen LogP contribution in [-0.4, -0.2) is 24.0 Å². The summed E-state index contributed by atoms with van der Waals surface area (Å²) in [7, 11) is 0. The Bertz CT molecular complexity index is 604. The van der Waals surface area contributed by atoms with Crippen molar-refractivity contribution < 1.29 is 9.53 Å². The fraction of sp³-hybridized carbons (Fsp3) is 0.333. The molecule has 1 aromatic heterocycles. The summed E-state index contributed by atoms with van der Waals surface area (Å²) in [4.78, 5) is 16.4. The van der Waals surface area contributed by atoms with Crippen LogP contribution in [0.5, 0.6) is 5.75 Å². The van der Waals surface area contributed by atoms with Crippen LogP contribution in [0.4, 0.5) is 5.69 Å². The number of aromatic nitrogens is 1. The van der Waals surface area contributed by atoms with Gasteiger partial charge in [-0.3, -0.25) is 4.79 Å². The van der Waals surface area contributed by atoms with Crippen LogP contribution in [-0.2, 0) is 6.42 Å². The number of halogens is 1. The molecule has 0 saturated heterocycles. The molecule has 0 aliphatic carbocycles. The van der Waals surface area contributed by atoms with Crippen LogP contribution < -0.4 is 15.8 Å². The summed E-state index contributed by atoms with van der Waals surface area (Å²) in [5, 5.41) is 5.45. The third-order valence-electron chi connectivity index (χ3n) is 2.71. The second kappa shape index (κ2) is 9.40. The largest absolute Gasteiger partial charge is 0.494 e. The second-order valence-electron chi connectivity index (χ2n) is 4.50. The molecule has 1 aromatic carbocycles. The predicted octanol–water partition coefficient (Wildman–Crippen LogP) is 3.11. The molecule has 0 radical (unpaired) electrons. The highest BCUT2D eigenvalue weighted by molar-refractivity contribution is 7.09. The molecule has 0 unspecified atom stereocenters. The summed E-state index contributed by atoms with van der Waals surface area (Å²) in [6, 6.07) is 7.35. The first-order chi connectivity index (χ1) is 10.2. The van der Waals surface area contributed by atoms with Crippen molar-refractivity contribution in [2.45, 2.75) is 19.8 Å². The first-order valence-electron chi connectivity index (χ1n) is 6.91. The number of nitrogens with zero attached hydrogens (tertiary/aromatic N) is 1. The molecular weight excluding hydrogens is 322 g/mol. The van der Waals surface area contributed by atoms with E-state index in [0.717, 1.165) is 17.2 Å². The van der Waals surface area contributed by atoms with Crippen molar-refractivity contribution in [3.63, 3.8) is 0 Å². The van der Waals surface area contributed by atoms with Gasteiger partial charge in [-0.15, -0.1) is 23.7 Å². The van der Waals surface area contributed by atoms with Gasteiger partial charge >= 0.3 is 0 Å². The number of anilines is 1. The number of nitrogens with two attached hydrogens (primary N) is 1. The second-order valence-corrected chi connectivity index (χ2v) is 5.44. The number of carbonyl (C=O) groups excluding carboxylic acids is 1. The zero-order chi connectivity index (χ0) is 15.1. The number of nitrogens with one attached hydrogen (secondary N) is 1. The first kappa shape index (κ1) is 18.4. The van der Waals surface area contributed by atoms with E-state index in [1.165, 1.54) is 11.3 Å². The van der Waals surface area contributed by atoms with E-state index in [4.69, 9.17) is 10.5 Å². The maximum Gasteiger partial charge on any atom is 0.275 e. The number of ether oxygens (including phenoxy) is 1. The molecule has 120 valence electrons. The average Bonchev–Trinajstić information content (AvgIpc) is 2.95. The lowest BCUT2D eigenvalue weighted by Crippen LogP contribution is -2.13. The van der Waals surface area contributed by atoms with Crippen molar-refractivity contribution >= 4 is 35.3 Å². The molecule has 3 N–H and O–H groups in total. The topological polar surface area (TPSA) is 77.2 Å². The summed E-state index contributed by atoms with van der Waals surface area (Å²) in [6.45, 7) is 3.24. The highest BCUT2D eigenvalue weighted by atomic mass is 35.5.